The molecule has 0 aliphatic carbocycles. The molecular formula is C9H14N4O4. The predicted molar refractivity (Wildman–Crippen MR) is 61.8 cm³/mol. The van der Waals surface area contributed by atoms with Gasteiger partial charge in [0.2, 0.25) is 5.75 Å². The van der Waals surface area contributed by atoms with Gasteiger partial charge in [0, 0.05) is 14.1 Å². The first-order valence-corrected chi connectivity index (χ1v) is 4.66. The second-order valence-electron chi connectivity index (χ2n) is 3.22. The third kappa shape index (κ3) is 2.14. The number of rotatable bonds is 2. The molecule has 0 spiro atoms. The van der Waals surface area contributed by atoms with Gasteiger partial charge in [0.15, 0.2) is 5.82 Å². The van der Waals surface area contributed by atoms with Crippen LogP contribution < -0.4 is 21.7 Å². The molecule has 8 heteroatoms. The van der Waals surface area contributed by atoms with Gasteiger partial charge in [-0.2, -0.15) is 4.99 Å². The molecule has 1 rings (SSSR count). The molecule has 1 heterocycles. The van der Waals surface area contributed by atoms with Crippen LogP contribution in [0.3, 0.4) is 0 Å². The van der Waals surface area contributed by atoms with Crippen LogP contribution in [0.1, 0.15) is 0 Å². The maximum Gasteiger partial charge on any atom is 0.332 e. The van der Waals surface area contributed by atoms with Crippen molar-refractivity contribution >= 4 is 11.8 Å². The zero-order valence-corrected chi connectivity index (χ0v) is 10.1. The highest BCUT2D eigenvalue weighted by molar-refractivity contribution is 5.75. The third-order valence-electron chi connectivity index (χ3n) is 2.22. The molecule has 0 fully saturated rings. The molecular weight excluding hydrogens is 228 g/mol. The molecule has 0 saturated heterocycles. The molecule has 0 aromatic carbocycles. The summed E-state index contributed by atoms with van der Waals surface area (Å²) in [5.74, 6) is -0.0606. The Balaban J connectivity index is 3.71. The summed E-state index contributed by atoms with van der Waals surface area (Å²) in [6.45, 7) is 0. The van der Waals surface area contributed by atoms with Crippen LogP contribution in [0.15, 0.2) is 14.6 Å². The molecule has 0 atom stereocenters. The van der Waals surface area contributed by atoms with E-state index in [1.54, 1.807) is 0 Å². The lowest BCUT2D eigenvalue weighted by Gasteiger charge is -2.10. The Labute approximate surface area is 96.9 Å². The van der Waals surface area contributed by atoms with Gasteiger partial charge in [-0.05, 0) is 0 Å². The van der Waals surface area contributed by atoms with E-state index < -0.39 is 11.2 Å². The highest BCUT2D eigenvalue weighted by Gasteiger charge is 2.16. The summed E-state index contributed by atoms with van der Waals surface area (Å²) in [6.07, 6.45) is 0. The lowest BCUT2D eigenvalue weighted by Crippen LogP contribution is -2.37. The van der Waals surface area contributed by atoms with Crippen LogP contribution in [-0.4, -0.2) is 29.4 Å². The van der Waals surface area contributed by atoms with Crippen LogP contribution in [0, 0.1) is 0 Å². The normalized spacial score (nSPS) is 11.4. The summed E-state index contributed by atoms with van der Waals surface area (Å²) in [4.78, 5) is 27.2. The van der Waals surface area contributed by atoms with Crippen molar-refractivity contribution in [2.45, 2.75) is 0 Å². The molecule has 17 heavy (non-hydrogen) atoms. The monoisotopic (exact) mass is 242 g/mol. The SMILES string of the molecule is CO/C(N)=N/c1c(OC)c(=O)n(C)c(=O)n1C. The number of nitrogens with zero attached hydrogens (tertiary/aromatic N) is 3. The van der Waals surface area contributed by atoms with Gasteiger partial charge < -0.3 is 15.2 Å². The fraction of sp³-hybridized carbons (Fsp3) is 0.444. The maximum atomic E-state index is 11.7. The van der Waals surface area contributed by atoms with Gasteiger partial charge >= 0.3 is 11.2 Å². The number of aromatic nitrogens is 2. The summed E-state index contributed by atoms with van der Waals surface area (Å²) in [5, 5.41) is 0. The standard InChI is InChI=1S/C9H14N4O4/c1-12-6(11-8(10)17-4)5(16-3)7(14)13(2)9(12)15/h1-4H3,(H2,10,11). The minimum absolute atomic E-state index is 0.0138. The van der Waals surface area contributed by atoms with Crippen molar-refractivity contribution in [1.29, 1.82) is 0 Å². The fourth-order valence-corrected chi connectivity index (χ4v) is 1.26. The number of nitrogens with two attached hydrogens (primary N) is 1. The van der Waals surface area contributed by atoms with E-state index in [2.05, 4.69) is 9.73 Å². The Morgan fingerprint density at radius 3 is 2.29 bits per heavy atom. The van der Waals surface area contributed by atoms with Gasteiger partial charge in [0.1, 0.15) is 0 Å². The number of amidine groups is 1. The number of methoxy groups -OCH3 is 2. The minimum atomic E-state index is -0.585. The largest absolute Gasteiger partial charge is 0.488 e. The Morgan fingerprint density at radius 2 is 1.82 bits per heavy atom. The summed E-state index contributed by atoms with van der Waals surface area (Å²) in [6, 6.07) is -0.174. The van der Waals surface area contributed by atoms with Crippen molar-refractivity contribution in [3.05, 3.63) is 20.8 Å². The van der Waals surface area contributed by atoms with E-state index in [1.165, 1.54) is 28.3 Å². The molecule has 2 N–H and O–H groups in total. The van der Waals surface area contributed by atoms with Gasteiger partial charge in [0.05, 0.1) is 14.2 Å². The van der Waals surface area contributed by atoms with Gasteiger partial charge in [-0.15, -0.1) is 0 Å². The van der Waals surface area contributed by atoms with E-state index in [0.29, 0.717) is 0 Å². The molecule has 0 unspecified atom stereocenters. The third-order valence-corrected chi connectivity index (χ3v) is 2.22. The van der Waals surface area contributed by atoms with Crippen molar-refractivity contribution in [3.8, 4) is 5.75 Å². The molecule has 1 aromatic rings. The Kier molecular flexibility index (Phi) is 3.56. The average Bonchev–Trinajstić information content (AvgIpc) is 2.33. The van der Waals surface area contributed by atoms with Gasteiger partial charge in [-0.3, -0.25) is 13.9 Å². The van der Waals surface area contributed by atoms with E-state index in [1.807, 2.05) is 0 Å². The Hall–Kier alpha value is -2.25. The summed E-state index contributed by atoms with van der Waals surface area (Å²) < 4.78 is 11.7. The molecule has 94 valence electrons. The zero-order chi connectivity index (χ0) is 13.2. The minimum Gasteiger partial charge on any atom is -0.488 e. The van der Waals surface area contributed by atoms with Crippen LogP contribution in [0.5, 0.6) is 5.75 Å². The number of hydrogen-bond acceptors (Lipinski definition) is 5. The van der Waals surface area contributed by atoms with Crippen molar-refractivity contribution in [1.82, 2.24) is 9.13 Å². The van der Waals surface area contributed by atoms with E-state index >= 15 is 0 Å². The topological polar surface area (TPSA) is 101 Å². The van der Waals surface area contributed by atoms with E-state index in [9.17, 15) is 9.59 Å². The first-order chi connectivity index (χ1) is 7.93. The lowest BCUT2D eigenvalue weighted by atomic mass is 10.5. The Morgan fingerprint density at radius 1 is 1.24 bits per heavy atom. The lowest BCUT2D eigenvalue weighted by molar-refractivity contribution is 0.388. The number of aliphatic imine (C=N–C) groups is 1. The van der Waals surface area contributed by atoms with Gasteiger partial charge in [-0.25, -0.2) is 4.79 Å². The first kappa shape index (κ1) is 12.8. The van der Waals surface area contributed by atoms with E-state index in [0.717, 1.165) is 9.13 Å². The van der Waals surface area contributed by atoms with Crippen LogP contribution in [0.4, 0.5) is 5.82 Å². The van der Waals surface area contributed by atoms with E-state index in [4.69, 9.17) is 10.5 Å². The molecule has 0 aliphatic rings. The number of ether oxygens (including phenoxy) is 2. The molecule has 8 nitrogen and oxygen atoms in total. The second kappa shape index (κ2) is 4.73. The van der Waals surface area contributed by atoms with Gasteiger partial charge in [0.25, 0.3) is 6.02 Å². The highest BCUT2D eigenvalue weighted by Crippen LogP contribution is 2.19. The van der Waals surface area contributed by atoms with Crippen molar-refractivity contribution < 1.29 is 9.47 Å². The quantitative estimate of drug-likeness (QED) is 0.512. The fourth-order valence-electron chi connectivity index (χ4n) is 1.26. The van der Waals surface area contributed by atoms with Crippen molar-refractivity contribution in [2.24, 2.45) is 24.8 Å². The zero-order valence-electron chi connectivity index (χ0n) is 10.1. The summed E-state index contributed by atoms with van der Waals surface area (Å²) in [5.41, 5.74) is 4.27. The average molecular weight is 242 g/mol. The molecule has 0 aliphatic heterocycles. The van der Waals surface area contributed by atoms with Gasteiger partial charge in [-0.1, -0.05) is 0 Å². The molecule has 0 amide bonds. The summed E-state index contributed by atoms with van der Waals surface area (Å²) in [7, 11) is 5.43. The van der Waals surface area contributed by atoms with Crippen molar-refractivity contribution in [3.63, 3.8) is 0 Å². The van der Waals surface area contributed by atoms with Crippen molar-refractivity contribution in [2.75, 3.05) is 14.2 Å². The predicted octanol–water partition coefficient (Wildman–Crippen LogP) is -1.31. The highest BCUT2D eigenvalue weighted by atomic mass is 16.5. The Bertz CT molecular complexity index is 570. The van der Waals surface area contributed by atoms with Crippen LogP contribution in [0.2, 0.25) is 0 Å². The number of hydrogen-bond donors (Lipinski definition) is 1. The van der Waals surface area contributed by atoms with E-state index in [-0.39, 0.29) is 17.6 Å². The molecule has 0 saturated carbocycles. The second-order valence-corrected chi connectivity index (χ2v) is 3.22. The maximum absolute atomic E-state index is 11.7. The van der Waals surface area contributed by atoms with Crippen LogP contribution in [-0.2, 0) is 18.8 Å². The summed E-state index contributed by atoms with van der Waals surface area (Å²) >= 11 is 0. The van der Waals surface area contributed by atoms with Crippen LogP contribution >= 0.6 is 0 Å². The molecule has 0 bridgehead atoms. The first-order valence-electron chi connectivity index (χ1n) is 4.66. The molecule has 1 aromatic heterocycles. The van der Waals surface area contributed by atoms with Crippen LogP contribution in [0.25, 0.3) is 0 Å². The molecule has 0 radical (unpaired) electrons. The smallest absolute Gasteiger partial charge is 0.332 e.